The van der Waals surface area contributed by atoms with E-state index in [0.29, 0.717) is 16.9 Å². The highest BCUT2D eigenvalue weighted by molar-refractivity contribution is 7.99. The summed E-state index contributed by atoms with van der Waals surface area (Å²) >= 11 is 1.15. The van der Waals surface area contributed by atoms with Gasteiger partial charge in [-0.15, -0.1) is 10.2 Å². The Morgan fingerprint density at radius 1 is 1.28 bits per heavy atom. The van der Waals surface area contributed by atoms with E-state index in [1.54, 1.807) is 31.4 Å². The molecule has 6 nitrogen and oxygen atoms in total. The number of carbonyl (C=O) groups is 1. The minimum atomic E-state index is -0.308. The van der Waals surface area contributed by atoms with Crippen molar-refractivity contribution in [3.63, 3.8) is 0 Å². The van der Waals surface area contributed by atoms with Crippen molar-refractivity contribution in [2.45, 2.75) is 25.1 Å². The molecule has 1 atom stereocenters. The molecule has 1 aromatic carbocycles. The number of nitrogens with zero attached hydrogens (tertiary/aromatic N) is 2. The fourth-order valence-electron chi connectivity index (χ4n) is 2.23. The topological polar surface area (TPSA) is 81.2 Å². The van der Waals surface area contributed by atoms with Gasteiger partial charge in [-0.2, -0.15) is 0 Å². The molecule has 0 saturated carbocycles. The summed E-state index contributed by atoms with van der Waals surface area (Å²) in [6, 6.07) is 7.54. The van der Waals surface area contributed by atoms with Crippen molar-refractivity contribution in [2.24, 2.45) is 0 Å². The molecule has 0 aliphatic heterocycles. The molecule has 3 aromatic rings. The zero-order valence-corrected chi connectivity index (χ0v) is 14.5. The Morgan fingerprint density at radius 2 is 2.04 bits per heavy atom. The summed E-state index contributed by atoms with van der Waals surface area (Å²) in [5.41, 5.74) is 1.56. The van der Waals surface area contributed by atoms with Gasteiger partial charge in [0.25, 0.3) is 11.1 Å². The molecule has 0 aliphatic rings. The molecule has 1 unspecified atom stereocenters. The average molecular weight is 361 g/mol. The highest BCUT2D eigenvalue weighted by atomic mass is 32.2. The van der Waals surface area contributed by atoms with Crippen molar-refractivity contribution in [1.82, 2.24) is 15.5 Å². The van der Waals surface area contributed by atoms with Crippen LogP contribution in [0, 0.1) is 12.7 Å². The zero-order valence-electron chi connectivity index (χ0n) is 13.7. The standard InChI is InChI=1S/C17H16FN3O3S/c1-10(12-3-5-13(18)6-4-12)19-15(22)9-25-17-21-20-16(24-17)14-7-8-23-11(14)2/h3-8,10H,9H2,1-2H3,(H,19,22). The maximum atomic E-state index is 12.9. The molecule has 25 heavy (non-hydrogen) atoms. The number of nitrogens with one attached hydrogen (secondary N) is 1. The molecule has 0 radical (unpaired) electrons. The predicted octanol–water partition coefficient (Wildman–Crippen LogP) is 3.75. The second kappa shape index (κ2) is 7.52. The van der Waals surface area contributed by atoms with Crippen LogP contribution in [0.2, 0.25) is 0 Å². The second-order valence-corrected chi connectivity index (χ2v) is 6.32. The van der Waals surface area contributed by atoms with E-state index in [1.165, 1.54) is 12.1 Å². The Balaban J connectivity index is 1.53. The van der Waals surface area contributed by atoms with Gasteiger partial charge in [0.2, 0.25) is 5.91 Å². The van der Waals surface area contributed by atoms with Gasteiger partial charge in [0, 0.05) is 0 Å². The third-order valence-corrected chi connectivity index (χ3v) is 4.39. The summed E-state index contributed by atoms with van der Waals surface area (Å²) in [6.07, 6.45) is 1.55. The maximum Gasteiger partial charge on any atom is 0.277 e. The normalized spacial score (nSPS) is 12.1. The minimum Gasteiger partial charge on any atom is -0.469 e. The molecule has 0 saturated heterocycles. The summed E-state index contributed by atoms with van der Waals surface area (Å²) in [4.78, 5) is 12.0. The van der Waals surface area contributed by atoms with Crippen LogP contribution in [0.1, 0.15) is 24.3 Å². The smallest absolute Gasteiger partial charge is 0.277 e. The van der Waals surface area contributed by atoms with Crippen molar-refractivity contribution in [1.29, 1.82) is 0 Å². The molecule has 8 heteroatoms. The first-order valence-electron chi connectivity index (χ1n) is 7.58. The number of hydrogen-bond donors (Lipinski definition) is 1. The highest BCUT2D eigenvalue weighted by Crippen LogP contribution is 2.26. The maximum absolute atomic E-state index is 12.9. The molecule has 3 rings (SSSR count). The lowest BCUT2D eigenvalue weighted by molar-refractivity contribution is -0.119. The fourth-order valence-corrected chi connectivity index (χ4v) is 2.80. The van der Waals surface area contributed by atoms with E-state index in [-0.39, 0.29) is 23.5 Å². The SMILES string of the molecule is Cc1occc1-c1nnc(SCC(=O)NC(C)c2ccc(F)cc2)o1. The van der Waals surface area contributed by atoms with Crippen molar-refractivity contribution < 1.29 is 18.0 Å². The summed E-state index contributed by atoms with van der Waals surface area (Å²) in [5, 5.41) is 11.0. The van der Waals surface area contributed by atoms with Crippen LogP contribution in [0.15, 0.2) is 50.7 Å². The molecule has 2 aromatic heterocycles. The van der Waals surface area contributed by atoms with Crippen LogP contribution in [0.3, 0.4) is 0 Å². The third-order valence-electron chi connectivity index (χ3n) is 3.57. The lowest BCUT2D eigenvalue weighted by Gasteiger charge is -2.13. The summed E-state index contributed by atoms with van der Waals surface area (Å²) < 4.78 is 23.6. The van der Waals surface area contributed by atoms with Gasteiger partial charge < -0.3 is 14.2 Å². The van der Waals surface area contributed by atoms with E-state index in [1.807, 2.05) is 6.92 Å². The van der Waals surface area contributed by atoms with Gasteiger partial charge in [-0.25, -0.2) is 4.39 Å². The Labute approximate surface area is 147 Å². The average Bonchev–Trinajstić information content (AvgIpc) is 3.22. The van der Waals surface area contributed by atoms with Gasteiger partial charge in [0.05, 0.1) is 23.6 Å². The van der Waals surface area contributed by atoms with Gasteiger partial charge in [0.15, 0.2) is 0 Å². The Kier molecular flexibility index (Phi) is 5.18. The van der Waals surface area contributed by atoms with Crippen LogP contribution in [-0.4, -0.2) is 21.9 Å². The van der Waals surface area contributed by atoms with Crippen LogP contribution in [0.4, 0.5) is 4.39 Å². The predicted molar refractivity (Wildman–Crippen MR) is 90.4 cm³/mol. The van der Waals surface area contributed by atoms with E-state index in [9.17, 15) is 9.18 Å². The van der Waals surface area contributed by atoms with Crippen LogP contribution in [0.25, 0.3) is 11.5 Å². The largest absolute Gasteiger partial charge is 0.469 e. The molecule has 2 heterocycles. The molecular formula is C17H16FN3O3S. The first-order chi connectivity index (χ1) is 12.0. The van der Waals surface area contributed by atoms with Crippen LogP contribution >= 0.6 is 11.8 Å². The Bertz CT molecular complexity index is 860. The van der Waals surface area contributed by atoms with Crippen molar-refractivity contribution in [3.05, 3.63) is 53.7 Å². The van der Waals surface area contributed by atoms with Gasteiger partial charge in [-0.3, -0.25) is 4.79 Å². The number of amides is 1. The quantitative estimate of drug-likeness (QED) is 0.674. The number of aromatic nitrogens is 2. The van der Waals surface area contributed by atoms with Gasteiger partial charge >= 0.3 is 0 Å². The highest BCUT2D eigenvalue weighted by Gasteiger charge is 2.15. The molecule has 130 valence electrons. The number of benzene rings is 1. The number of carbonyl (C=O) groups excluding carboxylic acids is 1. The van der Waals surface area contributed by atoms with Crippen LogP contribution < -0.4 is 5.32 Å². The summed E-state index contributed by atoms with van der Waals surface area (Å²) in [5.74, 6) is 0.691. The number of thioether (sulfide) groups is 1. The van der Waals surface area contributed by atoms with Crippen molar-refractivity contribution in [2.75, 3.05) is 5.75 Å². The van der Waals surface area contributed by atoms with Gasteiger partial charge in [-0.1, -0.05) is 23.9 Å². The monoisotopic (exact) mass is 361 g/mol. The number of furan rings is 1. The first kappa shape index (κ1) is 17.2. The van der Waals surface area contributed by atoms with Crippen molar-refractivity contribution >= 4 is 17.7 Å². The van der Waals surface area contributed by atoms with Gasteiger partial charge in [-0.05, 0) is 37.6 Å². The summed E-state index contributed by atoms with van der Waals surface area (Å²) in [7, 11) is 0. The van der Waals surface area contributed by atoms with Crippen LogP contribution in [-0.2, 0) is 4.79 Å². The van der Waals surface area contributed by atoms with Crippen molar-refractivity contribution in [3.8, 4) is 11.5 Å². The van der Waals surface area contributed by atoms with E-state index < -0.39 is 0 Å². The Hall–Kier alpha value is -2.61. The summed E-state index contributed by atoms with van der Waals surface area (Å²) in [6.45, 7) is 3.64. The second-order valence-electron chi connectivity index (χ2n) is 5.39. The fraction of sp³-hybridized carbons (Fsp3) is 0.235. The minimum absolute atomic E-state index is 0.136. The van der Waals surface area contributed by atoms with E-state index in [4.69, 9.17) is 8.83 Å². The van der Waals surface area contributed by atoms with Crippen LogP contribution in [0.5, 0.6) is 0 Å². The molecule has 0 fully saturated rings. The number of rotatable bonds is 6. The zero-order chi connectivity index (χ0) is 17.8. The molecule has 1 N–H and O–H groups in total. The third kappa shape index (κ3) is 4.27. The molecular weight excluding hydrogens is 345 g/mol. The van der Waals surface area contributed by atoms with E-state index in [2.05, 4.69) is 15.5 Å². The lowest BCUT2D eigenvalue weighted by Crippen LogP contribution is -2.28. The first-order valence-corrected chi connectivity index (χ1v) is 8.57. The lowest BCUT2D eigenvalue weighted by atomic mass is 10.1. The van der Waals surface area contributed by atoms with E-state index >= 15 is 0 Å². The molecule has 1 amide bonds. The van der Waals surface area contributed by atoms with Gasteiger partial charge in [0.1, 0.15) is 11.6 Å². The number of aryl methyl sites for hydroxylation is 1. The molecule has 0 aliphatic carbocycles. The number of halogens is 1. The Morgan fingerprint density at radius 3 is 2.72 bits per heavy atom. The molecule has 0 bridgehead atoms. The number of hydrogen-bond acceptors (Lipinski definition) is 6. The van der Waals surface area contributed by atoms with E-state index in [0.717, 1.165) is 22.9 Å². The molecule has 0 spiro atoms.